The Morgan fingerprint density at radius 2 is 1.63 bits per heavy atom. The van der Waals surface area contributed by atoms with Crippen molar-refractivity contribution in [1.82, 2.24) is 0 Å². The first-order valence-electron chi connectivity index (χ1n) is 7.64. The Morgan fingerprint density at radius 1 is 0.947 bits per heavy atom. The number of halogens is 1. The van der Waals surface area contributed by atoms with Crippen LogP contribution in [0.1, 0.15) is 63.9 Å². The normalized spacial score (nSPS) is 10.6. The van der Waals surface area contributed by atoms with Crippen LogP contribution in [0.2, 0.25) is 0 Å². The van der Waals surface area contributed by atoms with Crippen molar-refractivity contribution < 1.29 is 4.74 Å². The van der Waals surface area contributed by atoms with Crippen molar-refractivity contribution in [3.05, 3.63) is 29.8 Å². The minimum atomic E-state index is 0.551. The Morgan fingerprint density at radius 3 is 2.32 bits per heavy atom. The summed E-state index contributed by atoms with van der Waals surface area (Å²) in [6.07, 6.45) is 10.7. The van der Waals surface area contributed by atoms with E-state index in [9.17, 15) is 0 Å². The molecule has 0 unspecified atom stereocenters. The second-order valence-corrected chi connectivity index (χ2v) is 5.37. The molecule has 1 nitrogen and oxygen atoms in total. The van der Waals surface area contributed by atoms with E-state index in [-0.39, 0.29) is 0 Å². The molecule has 0 N–H and O–H groups in total. The molecule has 0 bridgehead atoms. The van der Waals surface area contributed by atoms with Gasteiger partial charge in [0.25, 0.3) is 0 Å². The first kappa shape index (κ1) is 16.4. The van der Waals surface area contributed by atoms with E-state index in [0.29, 0.717) is 5.88 Å². The summed E-state index contributed by atoms with van der Waals surface area (Å²) in [5.74, 6) is 1.50. The number of rotatable bonds is 11. The first-order valence-corrected chi connectivity index (χ1v) is 8.18. The van der Waals surface area contributed by atoms with Gasteiger partial charge >= 0.3 is 0 Å². The molecule has 0 aliphatic carbocycles. The highest BCUT2D eigenvalue weighted by Crippen LogP contribution is 2.15. The van der Waals surface area contributed by atoms with Gasteiger partial charge in [-0.3, -0.25) is 0 Å². The van der Waals surface area contributed by atoms with E-state index in [2.05, 4.69) is 6.92 Å². The van der Waals surface area contributed by atoms with Gasteiger partial charge in [-0.15, -0.1) is 11.6 Å². The summed E-state index contributed by atoms with van der Waals surface area (Å²) in [5.41, 5.74) is 1.12. The monoisotopic (exact) mass is 282 g/mol. The van der Waals surface area contributed by atoms with Crippen LogP contribution in [-0.2, 0) is 5.88 Å². The molecule has 19 heavy (non-hydrogen) atoms. The highest BCUT2D eigenvalue weighted by molar-refractivity contribution is 6.17. The van der Waals surface area contributed by atoms with Gasteiger partial charge in [-0.05, 0) is 24.1 Å². The lowest BCUT2D eigenvalue weighted by atomic mass is 10.1. The number of ether oxygens (including phenoxy) is 1. The molecule has 0 heterocycles. The number of hydrogen-bond acceptors (Lipinski definition) is 1. The van der Waals surface area contributed by atoms with Crippen molar-refractivity contribution in [2.45, 2.75) is 64.2 Å². The maximum Gasteiger partial charge on any atom is 0.119 e. The van der Waals surface area contributed by atoms with Crippen LogP contribution < -0.4 is 4.74 Å². The SMILES string of the molecule is CCCCCCCCCCOc1cccc(CCl)c1. The molecule has 0 atom stereocenters. The molecule has 1 rings (SSSR count). The van der Waals surface area contributed by atoms with E-state index in [1.54, 1.807) is 0 Å². The molecule has 0 amide bonds. The van der Waals surface area contributed by atoms with Crippen LogP contribution in [0.15, 0.2) is 24.3 Å². The molecule has 0 saturated carbocycles. The highest BCUT2D eigenvalue weighted by Gasteiger charge is 1.96. The maximum absolute atomic E-state index is 5.80. The minimum absolute atomic E-state index is 0.551. The van der Waals surface area contributed by atoms with Gasteiger partial charge in [0.15, 0.2) is 0 Å². The van der Waals surface area contributed by atoms with Crippen LogP contribution in [0.3, 0.4) is 0 Å². The molecule has 0 saturated heterocycles. The zero-order valence-electron chi connectivity index (χ0n) is 12.2. The van der Waals surface area contributed by atoms with E-state index >= 15 is 0 Å². The molecule has 0 spiro atoms. The van der Waals surface area contributed by atoms with E-state index in [4.69, 9.17) is 16.3 Å². The maximum atomic E-state index is 5.80. The first-order chi connectivity index (χ1) is 9.36. The lowest BCUT2D eigenvalue weighted by Gasteiger charge is -2.07. The Hall–Kier alpha value is -0.690. The number of hydrogen-bond donors (Lipinski definition) is 0. The molecule has 1 aromatic rings. The fraction of sp³-hybridized carbons (Fsp3) is 0.647. The van der Waals surface area contributed by atoms with Crippen molar-refractivity contribution in [2.24, 2.45) is 0 Å². The van der Waals surface area contributed by atoms with E-state index in [1.165, 1.54) is 44.9 Å². The predicted octanol–water partition coefficient (Wildman–Crippen LogP) is 5.94. The van der Waals surface area contributed by atoms with Crippen LogP contribution in [-0.4, -0.2) is 6.61 Å². The number of benzene rings is 1. The largest absolute Gasteiger partial charge is 0.494 e. The molecule has 0 aliphatic rings. The van der Waals surface area contributed by atoms with E-state index < -0.39 is 0 Å². The second kappa shape index (κ2) is 11.2. The predicted molar refractivity (Wildman–Crippen MR) is 84.1 cm³/mol. The molecular weight excluding hydrogens is 256 g/mol. The van der Waals surface area contributed by atoms with Crippen LogP contribution in [0.5, 0.6) is 5.75 Å². The average molecular weight is 283 g/mol. The number of unbranched alkanes of at least 4 members (excludes halogenated alkanes) is 7. The van der Waals surface area contributed by atoms with Crippen molar-refractivity contribution in [1.29, 1.82) is 0 Å². The summed E-state index contributed by atoms with van der Waals surface area (Å²) in [7, 11) is 0. The van der Waals surface area contributed by atoms with Crippen LogP contribution in [0, 0.1) is 0 Å². The third-order valence-corrected chi connectivity index (χ3v) is 3.63. The zero-order valence-corrected chi connectivity index (χ0v) is 12.9. The highest BCUT2D eigenvalue weighted by atomic mass is 35.5. The van der Waals surface area contributed by atoms with E-state index in [1.807, 2.05) is 24.3 Å². The van der Waals surface area contributed by atoms with Crippen molar-refractivity contribution in [2.75, 3.05) is 6.61 Å². The molecule has 108 valence electrons. The van der Waals surface area contributed by atoms with Crippen LogP contribution >= 0.6 is 11.6 Å². The number of alkyl halides is 1. The minimum Gasteiger partial charge on any atom is -0.494 e. The zero-order chi connectivity index (χ0) is 13.8. The molecule has 0 fully saturated rings. The summed E-state index contributed by atoms with van der Waals surface area (Å²) in [4.78, 5) is 0. The smallest absolute Gasteiger partial charge is 0.119 e. The van der Waals surface area contributed by atoms with Gasteiger partial charge in [-0.25, -0.2) is 0 Å². The lowest BCUT2D eigenvalue weighted by molar-refractivity contribution is 0.304. The molecule has 0 radical (unpaired) electrons. The Kier molecular flexibility index (Phi) is 9.61. The summed E-state index contributed by atoms with van der Waals surface area (Å²) in [5, 5.41) is 0. The van der Waals surface area contributed by atoms with Gasteiger partial charge in [0.2, 0.25) is 0 Å². The summed E-state index contributed by atoms with van der Waals surface area (Å²) in [6.45, 7) is 3.08. The van der Waals surface area contributed by atoms with Crippen molar-refractivity contribution in [3.63, 3.8) is 0 Å². The second-order valence-electron chi connectivity index (χ2n) is 5.10. The molecular formula is C17H27ClO. The lowest BCUT2D eigenvalue weighted by Crippen LogP contribution is -1.97. The Bertz CT molecular complexity index is 325. The Balaban J connectivity index is 1.98. The fourth-order valence-electron chi connectivity index (χ4n) is 2.14. The van der Waals surface area contributed by atoms with Crippen molar-refractivity contribution >= 4 is 11.6 Å². The van der Waals surface area contributed by atoms with Gasteiger partial charge in [0.1, 0.15) is 5.75 Å². The molecule has 2 heteroatoms. The summed E-state index contributed by atoms with van der Waals surface area (Å²) in [6, 6.07) is 8.05. The summed E-state index contributed by atoms with van der Waals surface area (Å²) < 4.78 is 5.73. The van der Waals surface area contributed by atoms with Gasteiger partial charge in [-0.1, -0.05) is 64.0 Å². The van der Waals surface area contributed by atoms with Crippen LogP contribution in [0.25, 0.3) is 0 Å². The van der Waals surface area contributed by atoms with Gasteiger partial charge < -0.3 is 4.74 Å². The van der Waals surface area contributed by atoms with Gasteiger partial charge in [0, 0.05) is 5.88 Å². The summed E-state index contributed by atoms with van der Waals surface area (Å²) >= 11 is 5.80. The standard InChI is InChI=1S/C17H27ClO/c1-2-3-4-5-6-7-8-9-13-19-17-12-10-11-16(14-17)15-18/h10-12,14H,2-9,13,15H2,1H3. The Labute approximate surface area is 123 Å². The third kappa shape index (κ3) is 8.15. The molecule has 0 aliphatic heterocycles. The van der Waals surface area contributed by atoms with Gasteiger partial charge in [0.05, 0.1) is 6.61 Å². The quantitative estimate of drug-likeness (QED) is 0.360. The molecule has 1 aromatic carbocycles. The fourth-order valence-corrected chi connectivity index (χ4v) is 2.31. The van der Waals surface area contributed by atoms with Gasteiger partial charge in [-0.2, -0.15) is 0 Å². The molecule has 0 aromatic heterocycles. The van der Waals surface area contributed by atoms with E-state index in [0.717, 1.165) is 24.3 Å². The van der Waals surface area contributed by atoms with Crippen molar-refractivity contribution in [3.8, 4) is 5.75 Å². The third-order valence-electron chi connectivity index (χ3n) is 3.32. The van der Waals surface area contributed by atoms with Crippen LogP contribution in [0.4, 0.5) is 0 Å². The topological polar surface area (TPSA) is 9.23 Å². The average Bonchev–Trinajstić information content (AvgIpc) is 2.46.